The molecule has 0 radical (unpaired) electrons. The molecule has 1 aliphatic carbocycles. The third-order valence-corrected chi connectivity index (χ3v) is 5.29. The van der Waals surface area contributed by atoms with E-state index in [4.69, 9.17) is 11.6 Å². The number of nitrogens with one attached hydrogen (secondary N) is 1. The molecule has 1 amide bonds. The van der Waals surface area contributed by atoms with Crippen LogP contribution in [-0.2, 0) is 17.8 Å². The Bertz CT molecular complexity index is 717. The highest BCUT2D eigenvalue weighted by molar-refractivity contribution is 6.31. The van der Waals surface area contributed by atoms with E-state index >= 15 is 0 Å². The zero-order chi connectivity index (χ0) is 17.8. The first-order chi connectivity index (χ1) is 12.0. The summed E-state index contributed by atoms with van der Waals surface area (Å²) < 4.78 is 2.02. The summed E-state index contributed by atoms with van der Waals surface area (Å²) in [6, 6.07) is 5.72. The highest BCUT2D eigenvalue weighted by atomic mass is 35.5. The Kier molecular flexibility index (Phi) is 5.76. The quantitative estimate of drug-likeness (QED) is 0.831. The molecule has 25 heavy (non-hydrogen) atoms. The van der Waals surface area contributed by atoms with Crippen molar-refractivity contribution < 1.29 is 9.90 Å². The van der Waals surface area contributed by atoms with Gasteiger partial charge in [-0.3, -0.25) is 4.79 Å². The van der Waals surface area contributed by atoms with E-state index in [1.165, 1.54) is 0 Å². The highest BCUT2D eigenvalue weighted by Gasteiger charge is 2.33. The smallest absolute Gasteiger partial charge is 0.220 e. The molecule has 0 saturated heterocycles. The molecule has 1 saturated carbocycles. The minimum atomic E-state index is -0.480. The van der Waals surface area contributed by atoms with Crippen molar-refractivity contribution in [3.05, 3.63) is 53.1 Å². The number of hydrogen-bond donors (Lipinski definition) is 2. The van der Waals surface area contributed by atoms with E-state index in [0.29, 0.717) is 25.2 Å². The zero-order valence-electron chi connectivity index (χ0n) is 14.4. The van der Waals surface area contributed by atoms with Gasteiger partial charge < -0.3 is 15.0 Å². The third kappa shape index (κ3) is 4.83. The number of amides is 1. The Balaban J connectivity index is 1.46. The number of benzene rings is 1. The summed E-state index contributed by atoms with van der Waals surface area (Å²) in [4.78, 5) is 16.3. The minimum Gasteiger partial charge on any atom is -0.391 e. The van der Waals surface area contributed by atoms with Crippen molar-refractivity contribution >= 4 is 17.5 Å². The van der Waals surface area contributed by atoms with Crippen molar-refractivity contribution in [2.24, 2.45) is 5.92 Å². The average molecular weight is 362 g/mol. The van der Waals surface area contributed by atoms with Crippen LogP contribution in [0, 0.1) is 12.8 Å². The molecule has 1 aromatic carbocycles. The Hall–Kier alpha value is -1.85. The predicted octanol–water partition coefficient (Wildman–Crippen LogP) is 2.73. The van der Waals surface area contributed by atoms with Crippen LogP contribution in [0.25, 0.3) is 0 Å². The van der Waals surface area contributed by atoms with Gasteiger partial charge in [0.1, 0.15) is 0 Å². The summed E-state index contributed by atoms with van der Waals surface area (Å²) in [6.45, 7) is 2.78. The van der Waals surface area contributed by atoms with Gasteiger partial charge >= 0.3 is 0 Å². The second kappa shape index (κ2) is 8.02. The van der Waals surface area contributed by atoms with E-state index in [1.807, 2.05) is 35.9 Å². The number of rotatable bonds is 6. The van der Waals surface area contributed by atoms with Gasteiger partial charge in [0.25, 0.3) is 0 Å². The summed E-state index contributed by atoms with van der Waals surface area (Å²) >= 11 is 6.12. The molecule has 1 aromatic heterocycles. The molecule has 6 heteroatoms. The number of hydrogen-bond acceptors (Lipinski definition) is 3. The predicted molar refractivity (Wildman–Crippen MR) is 97.4 cm³/mol. The normalized spacial score (nSPS) is 22.9. The van der Waals surface area contributed by atoms with E-state index < -0.39 is 6.10 Å². The van der Waals surface area contributed by atoms with E-state index in [2.05, 4.69) is 10.3 Å². The van der Waals surface area contributed by atoms with Crippen molar-refractivity contribution in [3.8, 4) is 0 Å². The average Bonchev–Trinajstić information content (AvgIpc) is 3.19. The second-order valence-corrected chi connectivity index (χ2v) is 7.33. The lowest BCUT2D eigenvalue weighted by atomic mass is 10.1. The van der Waals surface area contributed by atoms with Gasteiger partial charge in [-0.2, -0.15) is 0 Å². The first kappa shape index (κ1) is 18.0. The Morgan fingerprint density at radius 2 is 2.28 bits per heavy atom. The van der Waals surface area contributed by atoms with Gasteiger partial charge in [-0.15, -0.1) is 0 Å². The largest absolute Gasteiger partial charge is 0.391 e. The summed E-state index contributed by atoms with van der Waals surface area (Å²) in [5, 5.41) is 13.9. The van der Waals surface area contributed by atoms with Gasteiger partial charge in [-0.25, -0.2) is 4.98 Å². The Labute approximate surface area is 153 Å². The number of aromatic nitrogens is 2. The summed E-state index contributed by atoms with van der Waals surface area (Å²) in [5.74, 6) is 0.328. The number of imidazole rings is 1. The van der Waals surface area contributed by atoms with Gasteiger partial charge in [0, 0.05) is 30.4 Å². The number of aryl methyl sites for hydroxylation is 2. The molecular formula is C19H24ClN3O2. The first-order valence-electron chi connectivity index (χ1n) is 8.69. The van der Waals surface area contributed by atoms with Crippen LogP contribution in [0.4, 0.5) is 0 Å². The van der Waals surface area contributed by atoms with Crippen molar-refractivity contribution in [3.63, 3.8) is 0 Å². The molecule has 1 fully saturated rings. The van der Waals surface area contributed by atoms with Gasteiger partial charge in [-0.1, -0.05) is 23.7 Å². The summed E-state index contributed by atoms with van der Waals surface area (Å²) in [5.41, 5.74) is 2.09. The lowest BCUT2D eigenvalue weighted by Gasteiger charge is -2.16. The van der Waals surface area contributed by atoms with Crippen molar-refractivity contribution in [2.45, 2.75) is 51.3 Å². The maximum absolute atomic E-state index is 12.2. The van der Waals surface area contributed by atoms with E-state index in [9.17, 15) is 9.90 Å². The Morgan fingerprint density at radius 1 is 1.44 bits per heavy atom. The highest BCUT2D eigenvalue weighted by Crippen LogP contribution is 2.27. The number of halogens is 1. The summed E-state index contributed by atoms with van der Waals surface area (Å²) in [6.07, 6.45) is 7.52. The topological polar surface area (TPSA) is 67.2 Å². The van der Waals surface area contributed by atoms with Crippen LogP contribution in [0.3, 0.4) is 0 Å². The number of aliphatic hydroxyl groups excluding tert-OH is 1. The monoisotopic (exact) mass is 361 g/mol. The van der Waals surface area contributed by atoms with Crippen LogP contribution in [0.5, 0.6) is 0 Å². The zero-order valence-corrected chi connectivity index (χ0v) is 15.1. The van der Waals surface area contributed by atoms with Gasteiger partial charge in [-0.05, 0) is 49.3 Å². The van der Waals surface area contributed by atoms with Gasteiger partial charge in [0.15, 0.2) is 0 Å². The molecule has 5 nitrogen and oxygen atoms in total. The second-order valence-electron chi connectivity index (χ2n) is 6.92. The maximum Gasteiger partial charge on any atom is 0.220 e. The molecule has 1 unspecified atom stereocenters. The number of nitrogens with zero attached hydrogens (tertiary/aromatic N) is 2. The molecule has 0 spiro atoms. The van der Waals surface area contributed by atoms with Crippen molar-refractivity contribution in [1.29, 1.82) is 0 Å². The SMILES string of the molecule is Cc1ccc(CCC(=O)N[C@@H]2CC(Cn3ccnc3)C[C@H]2O)cc1Cl. The Morgan fingerprint density at radius 3 is 3.00 bits per heavy atom. The number of carbonyl (C=O) groups is 1. The van der Waals surface area contributed by atoms with Gasteiger partial charge in [0.05, 0.1) is 18.5 Å². The van der Waals surface area contributed by atoms with Gasteiger partial charge in [0.2, 0.25) is 5.91 Å². The molecule has 2 N–H and O–H groups in total. The van der Waals surface area contributed by atoms with Crippen LogP contribution in [0.15, 0.2) is 36.9 Å². The van der Waals surface area contributed by atoms with Crippen molar-refractivity contribution in [2.75, 3.05) is 0 Å². The third-order valence-electron chi connectivity index (χ3n) is 4.88. The minimum absolute atomic E-state index is 0.0240. The molecule has 1 heterocycles. The summed E-state index contributed by atoms with van der Waals surface area (Å²) in [7, 11) is 0. The van der Waals surface area contributed by atoms with E-state index in [0.717, 1.165) is 29.1 Å². The molecule has 0 bridgehead atoms. The van der Waals surface area contributed by atoms with Crippen LogP contribution in [-0.4, -0.2) is 32.7 Å². The number of carbonyl (C=O) groups excluding carboxylic acids is 1. The fourth-order valence-electron chi connectivity index (χ4n) is 3.44. The molecule has 134 valence electrons. The fourth-order valence-corrected chi connectivity index (χ4v) is 3.65. The van der Waals surface area contributed by atoms with E-state index in [-0.39, 0.29) is 11.9 Å². The number of aliphatic hydroxyl groups is 1. The maximum atomic E-state index is 12.2. The first-order valence-corrected chi connectivity index (χ1v) is 9.07. The lowest BCUT2D eigenvalue weighted by Crippen LogP contribution is -2.40. The van der Waals surface area contributed by atoms with Crippen LogP contribution < -0.4 is 5.32 Å². The molecule has 3 rings (SSSR count). The molecular weight excluding hydrogens is 338 g/mol. The fraction of sp³-hybridized carbons (Fsp3) is 0.474. The molecule has 0 aliphatic heterocycles. The van der Waals surface area contributed by atoms with Crippen LogP contribution >= 0.6 is 11.6 Å². The van der Waals surface area contributed by atoms with E-state index in [1.54, 1.807) is 12.5 Å². The lowest BCUT2D eigenvalue weighted by molar-refractivity contribution is -0.122. The molecule has 2 aromatic rings. The molecule has 3 atom stereocenters. The molecule has 1 aliphatic rings. The standard InChI is InChI=1S/C19H24ClN3O2/c1-13-2-3-14(8-16(13)20)4-5-19(25)22-17-9-15(10-18(17)24)11-23-7-6-21-12-23/h2-3,6-8,12,15,17-18,24H,4-5,9-11H2,1H3,(H,22,25)/t15?,17-,18-/m1/s1. The van der Waals surface area contributed by atoms with Crippen LogP contribution in [0.2, 0.25) is 5.02 Å². The van der Waals surface area contributed by atoms with Crippen molar-refractivity contribution in [1.82, 2.24) is 14.9 Å². The van der Waals surface area contributed by atoms with Crippen LogP contribution in [0.1, 0.15) is 30.4 Å².